The largest absolute Gasteiger partial charge is 0.310 e. The molecule has 0 aliphatic heterocycles. The summed E-state index contributed by atoms with van der Waals surface area (Å²) in [6, 6.07) is 0.636. The van der Waals surface area contributed by atoms with Gasteiger partial charge in [0, 0.05) is 36.4 Å². The number of rotatable bonds is 8. The van der Waals surface area contributed by atoms with Gasteiger partial charge in [0.2, 0.25) is 0 Å². The minimum Gasteiger partial charge on any atom is -0.310 e. The Morgan fingerprint density at radius 3 is 2.71 bits per heavy atom. The SMILES string of the molecule is C=CCN(C1CC1)S(=O)(=O)c1n[nH]c(C)c1CNC1CC1. The first kappa shape index (κ1) is 14.7. The first-order valence-corrected chi connectivity index (χ1v) is 8.88. The normalized spacial score (nSPS) is 19.1. The highest BCUT2D eigenvalue weighted by atomic mass is 32.2. The van der Waals surface area contributed by atoms with Crippen LogP contribution in [0.5, 0.6) is 0 Å². The number of nitrogens with zero attached hydrogens (tertiary/aromatic N) is 2. The Morgan fingerprint density at radius 1 is 1.43 bits per heavy atom. The molecule has 1 aromatic heterocycles. The van der Waals surface area contributed by atoms with Crippen molar-refractivity contribution >= 4 is 10.0 Å². The van der Waals surface area contributed by atoms with Gasteiger partial charge in [0.1, 0.15) is 0 Å². The van der Waals surface area contributed by atoms with E-state index in [1.807, 2.05) is 6.92 Å². The molecule has 0 bridgehead atoms. The van der Waals surface area contributed by atoms with Crippen LogP contribution in [0.1, 0.15) is 36.9 Å². The molecule has 6 nitrogen and oxygen atoms in total. The third-order valence-corrected chi connectivity index (χ3v) is 5.89. The van der Waals surface area contributed by atoms with Gasteiger partial charge in [-0.2, -0.15) is 9.40 Å². The van der Waals surface area contributed by atoms with Gasteiger partial charge in [0.25, 0.3) is 10.0 Å². The number of hydrogen-bond donors (Lipinski definition) is 2. The number of sulfonamides is 1. The number of nitrogens with one attached hydrogen (secondary N) is 2. The van der Waals surface area contributed by atoms with Gasteiger partial charge in [0.15, 0.2) is 5.03 Å². The average molecular weight is 310 g/mol. The summed E-state index contributed by atoms with van der Waals surface area (Å²) in [6.45, 7) is 6.42. The standard InChI is InChI=1S/C14H22N4O2S/c1-3-8-18(12-6-7-12)21(19,20)14-13(10(2)16-17-14)9-15-11-4-5-11/h3,11-12,15H,1,4-9H2,2H3,(H,16,17). The molecule has 21 heavy (non-hydrogen) atoms. The van der Waals surface area contributed by atoms with Crippen molar-refractivity contribution in [3.8, 4) is 0 Å². The summed E-state index contributed by atoms with van der Waals surface area (Å²) in [7, 11) is -3.56. The fraction of sp³-hybridized carbons (Fsp3) is 0.643. The van der Waals surface area contributed by atoms with Crippen LogP contribution in [0.3, 0.4) is 0 Å². The van der Waals surface area contributed by atoms with Crippen molar-refractivity contribution in [3.05, 3.63) is 23.9 Å². The van der Waals surface area contributed by atoms with Crippen LogP contribution < -0.4 is 5.32 Å². The molecule has 2 fully saturated rings. The monoisotopic (exact) mass is 310 g/mol. The maximum absolute atomic E-state index is 12.9. The van der Waals surface area contributed by atoms with Crippen molar-refractivity contribution in [3.63, 3.8) is 0 Å². The summed E-state index contributed by atoms with van der Waals surface area (Å²) >= 11 is 0. The Bertz CT molecular complexity index is 629. The van der Waals surface area contributed by atoms with E-state index in [4.69, 9.17) is 0 Å². The lowest BCUT2D eigenvalue weighted by atomic mass is 10.2. The Hall–Kier alpha value is -1.18. The molecule has 2 N–H and O–H groups in total. The van der Waals surface area contributed by atoms with Crippen molar-refractivity contribution in [2.24, 2.45) is 0 Å². The van der Waals surface area contributed by atoms with E-state index in [1.165, 1.54) is 17.1 Å². The molecule has 0 aromatic carbocycles. The summed E-state index contributed by atoms with van der Waals surface area (Å²) in [5.41, 5.74) is 1.58. The second-order valence-electron chi connectivity index (χ2n) is 5.88. The molecule has 0 spiro atoms. The highest BCUT2D eigenvalue weighted by molar-refractivity contribution is 7.89. The van der Waals surface area contributed by atoms with Crippen LogP contribution in [0.25, 0.3) is 0 Å². The zero-order valence-corrected chi connectivity index (χ0v) is 13.1. The van der Waals surface area contributed by atoms with Crippen molar-refractivity contribution in [2.45, 2.75) is 56.3 Å². The average Bonchev–Trinajstić information content (AvgIpc) is 3.33. The lowest BCUT2D eigenvalue weighted by molar-refractivity contribution is 0.432. The molecule has 0 radical (unpaired) electrons. The van der Waals surface area contributed by atoms with Crippen LogP contribution in [-0.2, 0) is 16.6 Å². The van der Waals surface area contributed by atoms with Gasteiger partial charge in [0.05, 0.1) is 0 Å². The molecular formula is C14H22N4O2S. The summed E-state index contributed by atoms with van der Waals surface area (Å²) in [5, 5.41) is 10.4. The molecule has 1 heterocycles. The number of aromatic amines is 1. The maximum atomic E-state index is 12.9. The zero-order valence-electron chi connectivity index (χ0n) is 12.3. The molecule has 116 valence electrons. The van der Waals surface area contributed by atoms with Crippen molar-refractivity contribution in [1.29, 1.82) is 0 Å². The second kappa shape index (κ2) is 5.55. The molecule has 0 saturated heterocycles. The lowest BCUT2D eigenvalue weighted by Gasteiger charge is -2.19. The predicted molar refractivity (Wildman–Crippen MR) is 80.3 cm³/mol. The Kier molecular flexibility index (Phi) is 3.90. The van der Waals surface area contributed by atoms with Gasteiger partial charge in [-0.05, 0) is 32.6 Å². The molecule has 3 rings (SSSR count). The molecule has 2 aliphatic carbocycles. The number of hydrogen-bond acceptors (Lipinski definition) is 4. The summed E-state index contributed by atoms with van der Waals surface area (Å²) < 4.78 is 27.3. The number of H-pyrrole nitrogens is 1. The quantitative estimate of drug-likeness (QED) is 0.710. The summed E-state index contributed by atoms with van der Waals surface area (Å²) in [6.07, 6.45) is 5.82. The highest BCUT2D eigenvalue weighted by Gasteiger charge is 2.39. The molecule has 0 unspecified atom stereocenters. The first-order valence-electron chi connectivity index (χ1n) is 7.44. The van der Waals surface area contributed by atoms with Crippen molar-refractivity contribution < 1.29 is 8.42 Å². The molecule has 7 heteroatoms. The predicted octanol–water partition coefficient (Wildman–Crippen LogP) is 1.31. The lowest BCUT2D eigenvalue weighted by Crippen LogP contribution is -2.34. The van der Waals surface area contributed by atoms with E-state index in [0.29, 0.717) is 19.1 Å². The minimum atomic E-state index is -3.56. The van der Waals surface area contributed by atoms with Gasteiger partial charge < -0.3 is 5.32 Å². The summed E-state index contributed by atoms with van der Waals surface area (Å²) in [4.78, 5) is 0. The van der Waals surface area contributed by atoms with Crippen LogP contribution in [0.2, 0.25) is 0 Å². The first-order chi connectivity index (χ1) is 10.0. The van der Waals surface area contributed by atoms with Crippen LogP contribution in [0.15, 0.2) is 17.7 Å². The topological polar surface area (TPSA) is 78.1 Å². The Labute approximate surface area is 125 Å². The van der Waals surface area contributed by atoms with Crippen molar-refractivity contribution in [1.82, 2.24) is 19.8 Å². The Balaban J connectivity index is 1.87. The number of aryl methyl sites for hydroxylation is 1. The van der Waals surface area contributed by atoms with Crippen LogP contribution >= 0.6 is 0 Å². The fourth-order valence-electron chi connectivity index (χ4n) is 2.43. The van der Waals surface area contributed by atoms with Crippen LogP contribution in [-0.4, -0.2) is 41.5 Å². The van der Waals surface area contributed by atoms with Gasteiger partial charge in [-0.25, -0.2) is 8.42 Å². The van der Waals surface area contributed by atoms with E-state index in [0.717, 1.165) is 24.1 Å². The van der Waals surface area contributed by atoms with Gasteiger partial charge in [-0.15, -0.1) is 6.58 Å². The van der Waals surface area contributed by atoms with Crippen molar-refractivity contribution in [2.75, 3.05) is 6.54 Å². The zero-order chi connectivity index (χ0) is 15.0. The van der Waals surface area contributed by atoms with Crippen LogP contribution in [0.4, 0.5) is 0 Å². The summed E-state index contributed by atoms with van der Waals surface area (Å²) in [5.74, 6) is 0. The minimum absolute atomic E-state index is 0.106. The van der Waals surface area contributed by atoms with E-state index in [-0.39, 0.29) is 11.1 Å². The van der Waals surface area contributed by atoms with E-state index >= 15 is 0 Å². The molecule has 0 atom stereocenters. The van der Waals surface area contributed by atoms with Crippen LogP contribution in [0, 0.1) is 6.92 Å². The fourth-order valence-corrected chi connectivity index (χ4v) is 4.25. The maximum Gasteiger partial charge on any atom is 0.263 e. The number of aromatic nitrogens is 2. The molecule has 2 aliphatic rings. The van der Waals surface area contributed by atoms with E-state index < -0.39 is 10.0 Å². The van der Waals surface area contributed by atoms with Gasteiger partial charge >= 0.3 is 0 Å². The molecule has 2 saturated carbocycles. The molecule has 0 amide bonds. The molecular weight excluding hydrogens is 288 g/mol. The van der Waals surface area contributed by atoms with Gasteiger partial charge in [-0.3, -0.25) is 5.10 Å². The second-order valence-corrected chi connectivity index (χ2v) is 7.69. The van der Waals surface area contributed by atoms with E-state index in [2.05, 4.69) is 22.1 Å². The smallest absolute Gasteiger partial charge is 0.263 e. The third kappa shape index (κ3) is 3.04. The molecule has 1 aromatic rings. The third-order valence-electron chi connectivity index (χ3n) is 4.00. The Morgan fingerprint density at radius 2 is 2.14 bits per heavy atom. The van der Waals surface area contributed by atoms with Gasteiger partial charge in [-0.1, -0.05) is 6.08 Å². The van der Waals surface area contributed by atoms with E-state index in [1.54, 1.807) is 6.08 Å². The highest BCUT2D eigenvalue weighted by Crippen LogP contribution is 2.33. The van der Waals surface area contributed by atoms with E-state index in [9.17, 15) is 8.42 Å².